The van der Waals surface area contributed by atoms with Crippen LogP contribution in [0.4, 0.5) is 19.0 Å². The summed E-state index contributed by atoms with van der Waals surface area (Å²) in [6.45, 7) is 3.93. The highest BCUT2D eigenvalue weighted by atomic mass is 32.1. The molecule has 0 aromatic carbocycles. The van der Waals surface area contributed by atoms with Gasteiger partial charge in [-0.15, -0.1) is 26.6 Å². The number of fused-ring (bicyclic) bond motifs is 2. The molecule has 1 amide bonds. The van der Waals surface area contributed by atoms with Crippen LogP contribution < -0.4 is 4.90 Å². The van der Waals surface area contributed by atoms with Gasteiger partial charge >= 0.3 is 6.18 Å². The van der Waals surface area contributed by atoms with Crippen molar-refractivity contribution in [2.75, 3.05) is 24.5 Å². The first-order chi connectivity index (χ1) is 14.8. The Hall–Kier alpha value is -2.69. The van der Waals surface area contributed by atoms with Crippen molar-refractivity contribution in [1.29, 1.82) is 0 Å². The van der Waals surface area contributed by atoms with Crippen LogP contribution in [0.5, 0.6) is 0 Å². The molecule has 0 radical (unpaired) electrons. The van der Waals surface area contributed by atoms with E-state index in [1.54, 1.807) is 17.4 Å². The lowest BCUT2D eigenvalue weighted by Crippen LogP contribution is -2.45. The molecule has 0 saturated carbocycles. The van der Waals surface area contributed by atoms with Crippen molar-refractivity contribution in [3.05, 3.63) is 39.8 Å². The number of anilines is 1. The Morgan fingerprint density at radius 3 is 2.65 bits per heavy atom. The zero-order valence-electron chi connectivity index (χ0n) is 16.8. The van der Waals surface area contributed by atoms with Crippen LogP contribution in [0.2, 0.25) is 0 Å². The fraction of sp³-hybridized carbons (Fsp3) is 0.500. The number of aromatic nitrogens is 4. The number of carbonyl (C=O) groups excluding carboxylic acids is 1. The highest BCUT2D eigenvalue weighted by molar-refractivity contribution is 7.10. The first-order valence-corrected chi connectivity index (χ1v) is 11.1. The number of alkyl halides is 3. The summed E-state index contributed by atoms with van der Waals surface area (Å²) >= 11 is 1.75. The molecular formula is C20H21F3N6OS. The Labute approximate surface area is 180 Å². The smallest absolute Gasteiger partial charge is 0.355 e. The average Bonchev–Trinajstić information content (AvgIpc) is 3.40. The van der Waals surface area contributed by atoms with E-state index in [0.717, 1.165) is 17.5 Å². The predicted octanol–water partition coefficient (Wildman–Crippen LogP) is 3.57. The van der Waals surface area contributed by atoms with Gasteiger partial charge < -0.3 is 9.80 Å². The number of nitrogens with zero attached hydrogens (tertiary/aromatic N) is 6. The molecule has 164 valence electrons. The summed E-state index contributed by atoms with van der Waals surface area (Å²) in [5, 5.41) is 13.0. The summed E-state index contributed by atoms with van der Waals surface area (Å²) in [5.74, 6) is -0.618. The second kappa shape index (κ2) is 7.47. The average molecular weight is 450 g/mol. The van der Waals surface area contributed by atoms with Crippen molar-refractivity contribution in [3.63, 3.8) is 0 Å². The molecule has 3 aromatic heterocycles. The quantitative estimate of drug-likeness (QED) is 0.597. The minimum Gasteiger partial charge on any atom is -0.355 e. The summed E-state index contributed by atoms with van der Waals surface area (Å²) in [4.78, 5) is 18.4. The lowest BCUT2D eigenvalue weighted by molar-refractivity contribution is -0.146. The number of carbonyl (C=O) groups is 1. The predicted molar refractivity (Wildman–Crippen MR) is 109 cm³/mol. The van der Waals surface area contributed by atoms with Gasteiger partial charge in [0, 0.05) is 30.4 Å². The van der Waals surface area contributed by atoms with Gasteiger partial charge in [-0.1, -0.05) is 0 Å². The maximum absolute atomic E-state index is 13.2. The minimum absolute atomic E-state index is 0.0491. The standard InChI is InChI=1S/C20H21F3N6OS/c1-12-14-7-11-31-15(14)6-10-28(12)18(30)13-4-8-27(9-5-13)17-3-2-16-24-25-19(20(21,22)23)29(16)26-17/h2-3,7,11-13H,4-6,8-10H2,1H3. The maximum Gasteiger partial charge on any atom is 0.453 e. The number of amides is 1. The van der Waals surface area contributed by atoms with Gasteiger partial charge in [0.15, 0.2) is 5.65 Å². The molecule has 1 unspecified atom stereocenters. The molecule has 11 heteroatoms. The van der Waals surface area contributed by atoms with Crippen molar-refractivity contribution in [2.24, 2.45) is 5.92 Å². The molecular weight excluding hydrogens is 429 g/mol. The van der Waals surface area contributed by atoms with Crippen LogP contribution in [-0.2, 0) is 17.4 Å². The Morgan fingerprint density at radius 1 is 1.13 bits per heavy atom. The lowest BCUT2D eigenvalue weighted by Gasteiger charge is -2.39. The molecule has 3 aromatic rings. The number of hydrogen-bond acceptors (Lipinski definition) is 6. The van der Waals surface area contributed by atoms with Crippen LogP contribution in [0.15, 0.2) is 23.6 Å². The largest absolute Gasteiger partial charge is 0.453 e. The summed E-state index contributed by atoms with van der Waals surface area (Å²) < 4.78 is 40.1. The van der Waals surface area contributed by atoms with Gasteiger partial charge in [0.25, 0.3) is 5.82 Å². The van der Waals surface area contributed by atoms with Gasteiger partial charge in [0.2, 0.25) is 5.91 Å². The van der Waals surface area contributed by atoms with Gasteiger partial charge in [-0.3, -0.25) is 4.79 Å². The molecule has 5 rings (SSSR count). The van der Waals surface area contributed by atoms with E-state index in [-0.39, 0.29) is 23.5 Å². The van der Waals surface area contributed by atoms with Crippen molar-refractivity contribution in [1.82, 2.24) is 24.7 Å². The fourth-order valence-electron chi connectivity index (χ4n) is 4.53. The van der Waals surface area contributed by atoms with E-state index in [1.807, 2.05) is 9.80 Å². The molecule has 1 atom stereocenters. The highest BCUT2D eigenvalue weighted by Gasteiger charge is 2.38. The van der Waals surface area contributed by atoms with E-state index in [2.05, 4.69) is 33.7 Å². The number of thiophene rings is 1. The molecule has 31 heavy (non-hydrogen) atoms. The van der Waals surface area contributed by atoms with Gasteiger partial charge in [0.05, 0.1) is 6.04 Å². The second-order valence-electron chi connectivity index (χ2n) is 8.00. The zero-order valence-corrected chi connectivity index (χ0v) is 17.7. The third kappa shape index (κ3) is 3.54. The van der Waals surface area contributed by atoms with Gasteiger partial charge in [-0.2, -0.15) is 17.7 Å². The molecule has 1 fully saturated rings. The summed E-state index contributed by atoms with van der Waals surface area (Å²) in [6.07, 6.45) is -2.44. The molecule has 5 heterocycles. The topological polar surface area (TPSA) is 66.6 Å². The van der Waals surface area contributed by atoms with E-state index in [9.17, 15) is 18.0 Å². The van der Waals surface area contributed by atoms with Crippen LogP contribution in [0.1, 0.15) is 42.1 Å². The van der Waals surface area contributed by atoms with Crippen LogP contribution in [0.3, 0.4) is 0 Å². The normalized spacial score (nSPS) is 20.3. The van der Waals surface area contributed by atoms with E-state index in [1.165, 1.54) is 16.5 Å². The van der Waals surface area contributed by atoms with Crippen LogP contribution in [0.25, 0.3) is 5.65 Å². The summed E-state index contributed by atoms with van der Waals surface area (Å²) in [7, 11) is 0. The number of halogens is 3. The molecule has 2 aliphatic rings. The lowest BCUT2D eigenvalue weighted by atomic mass is 9.92. The second-order valence-corrected chi connectivity index (χ2v) is 9.00. The van der Waals surface area contributed by atoms with Gasteiger partial charge in [-0.25, -0.2) is 0 Å². The number of rotatable bonds is 2. The minimum atomic E-state index is -4.63. The monoisotopic (exact) mass is 450 g/mol. The molecule has 0 spiro atoms. The Morgan fingerprint density at radius 2 is 1.90 bits per heavy atom. The van der Waals surface area contributed by atoms with E-state index >= 15 is 0 Å². The SMILES string of the molecule is CC1c2ccsc2CCN1C(=O)C1CCN(c2ccc3nnc(C(F)(F)F)n3n2)CC1. The maximum atomic E-state index is 13.2. The molecule has 7 nitrogen and oxygen atoms in total. The fourth-order valence-corrected chi connectivity index (χ4v) is 5.49. The Bertz CT molecular complexity index is 1120. The van der Waals surface area contributed by atoms with Gasteiger partial charge in [0.1, 0.15) is 5.82 Å². The van der Waals surface area contributed by atoms with Crippen molar-refractivity contribution in [3.8, 4) is 0 Å². The third-order valence-electron chi connectivity index (χ3n) is 6.23. The molecule has 0 N–H and O–H groups in total. The molecule has 0 bridgehead atoms. The van der Waals surface area contributed by atoms with E-state index in [0.29, 0.717) is 31.7 Å². The van der Waals surface area contributed by atoms with Crippen LogP contribution >= 0.6 is 11.3 Å². The molecule has 1 saturated heterocycles. The van der Waals surface area contributed by atoms with Crippen molar-refractivity contribution < 1.29 is 18.0 Å². The Balaban J connectivity index is 1.28. The highest BCUT2D eigenvalue weighted by Crippen LogP contribution is 2.35. The summed E-state index contributed by atoms with van der Waals surface area (Å²) in [5.41, 5.74) is 1.29. The Kier molecular flexibility index (Phi) is 4.87. The van der Waals surface area contributed by atoms with E-state index < -0.39 is 12.0 Å². The third-order valence-corrected chi connectivity index (χ3v) is 7.23. The van der Waals surface area contributed by atoms with E-state index in [4.69, 9.17) is 0 Å². The van der Waals surface area contributed by atoms with Crippen molar-refractivity contribution >= 4 is 28.7 Å². The number of hydrogen-bond donors (Lipinski definition) is 0. The van der Waals surface area contributed by atoms with Gasteiger partial charge in [-0.05, 0) is 55.3 Å². The first kappa shape index (κ1) is 20.2. The molecule has 2 aliphatic heterocycles. The van der Waals surface area contributed by atoms with Crippen molar-refractivity contribution in [2.45, 2.75) is 38.4 Å². The zero-order chi connectivity index (χ0) is 21.8. The molecule has 0 aliphatic carbocycles. The van der Waals surface area contributed by atoms with Crippen LogP contribution in [0, 0.1) is 5.92 Å². The first-order valence-electron chi connectivity index (χ1n) is 10.2. The van der Waals surface area contributed by atoms with Crippen LogP contribution in [-0.4, -0.2) is 50.3 Å². The number of piperidine rings is 1. The summed E-state index contributed by atoms with van der Waals surface area (Å²) in [6, 6.07) is 5.32.